The summed E-state index contributed by atoms with van der Waals surface area (Å²) in [5.74, 6) is 0.563. The molecule has 1 saturated heterocycles. The van der Waals surface area contributed by atoms with E-state index in [0.29, 0.717) is 29.7 Å². The molecule has 11 heteroatoms. The van der Waals surface area contributed by atoms with E-state index in [0.717, 1.165) is 57.8 Å². The highest BCUT2D eigenvalue weighted by Gasteiger charge is 2.31. The van der Waals surface area contributed by atoms with E-state index in [-0.39, 0.29) is 23.3 Å². The molecule has 36 heavy (non-hydrogen) atoms. The lowest BCUT2D eigenvalue weighted by Crippen LogP contribution is -2.47. The van der Waals surface area contributed by atoms with E-state index in [4.69, 9.17) is 11.6 Å². The van der Waals surface area contributed by atoms with E-state index < -0.39 is 21.8 Å². The van der Waals surface area contributed by atoms with Gasteiger partial charge in [-0.25, -0.2) is 13.1 Å². The van der Waals surface area contributed by atoms with Crippen LogP contribution in [0.4, 0.5) is 18.9 Å². The third kappa shape index (κ3) is 7.74. The number of hydrogen-bond donors (Lipinski definition) is 1. The first-order valence-corrected chi connectivity index (χ1v) is 13.9. The van der Waals surface area contributed by atoms with Gasteiger partial charge >= 0.3 is 6.18 Å². The average molecular weight is 567 g/mol. The summed E-state index contributed by atoms with van der Waals surface area (Å²) in [7, 11) is -3.55. The van der Waals surface area contributed by atoms with Crippen molar-refractivity contribution in [2.75, 3.05) is 37.6 Å². The van der Waals surface area contributed by atoms with Crippen LogP contribution in [0.2, 0.25) is 5.02 Å². The Balaban J connectivity index is 0.00000361. The van der Waals surface area contributed by atoms with E-state index in [1.54, 1.807) is 18.2 Å². The number of alkyl halides is 3. The summed E-state index contributed by atoms with van der Waals surface area (Å²) in [6.07, 6.45) is 0.338. The maximum atomic E-state index is 13.0. The first kappa shape index (κ1) is 29.0. The van der Waals surface area contributed by atoms with Gasteiger partial charge in [-0.05, 0) is 87.0 Å². The van der Waals surface area contributed by atoms with Crippen LogP contribution in [0.15, 0.2) is 53.4 Å². The molecule has 1 aliphatic heterocycles. The van der Waals surface area contributed by atoms with Gasteiger partial charge in [0.15, 0.2) is 0 Å². The van der Waals surface area contributed by atoms with Crippen molar-refractivity contribution in [3.05, 3.63) is 59.1 Å². The Morgan fingerprint density at radius 3 is 2.19 bits per heavy atom. The lowest BCUT2D eigenvalue weighted by Gasteiger charge is -2.37. The number of nitrogens with zero attached hydrogens (tertiary/aromatic N) is 2. The van der Waals surface area contributed by atoms with Crippen molar-refractivity contribution in [2.45, 2.75) is 49.2 Å². The largest absolute Gasteiger partial charge is 0.416 e. The summed E-state index contributed by atoms with van der Waals surface area (Å²) in [6, 6.07) is 11.7. The number of rotatable bonds is 7. The zero-order valence-electron chi connectivity index (χ0n) is 19.9. The van der Waals surface area contributed by atoms with Gasteiger partial charge in [-0.1, -0.05) is 17.7 Å². The Bertz CT molecular complexity index is 1080. The second kappa shape index (κ2) is 12.3. The quantitative estimate of drug-likeness (QED) is 0.459. The molecule has 0 spiro atoms. The zero-order chi connectivity index (χ0) is 25.1. The molecule has 0 bridgehead atoms. The van der Waals surface area contributed by atoms with Crippen molar-refractivity contribution in [1.82, 2.24) is 9.62 Å². The van der Waals surface area contributed by atoms with Crippen LogP contribution in [0.25, 0.3) is 0 Å². The molecule has 0 amide bonds. The fourth-order valence-electron chi connectivity index (χ4n) is 4.94. The minimum absolute atomic E-state index is 0. The van der Waals surface area contributed by atoms with Gasteiger partial charge < -0.3 is 4.90 Å². The van der Waals surface area contributed by atoms with Crippen LogP contribution in [0, 0.1) is 5.92 Å². The standard InChI is InChI=1S/C25H31ClF3N3O2S.ClH/c26-21-6-10-24(11-7-21)35(33,34)30-22-8-4-19(5-9-22)12-13-31-14-16-32(17-15-31)23-3-1-2-20(18-23)25(27,28)29;/h1-3,6-7,10-11,18-19,22,30H,4-5,8-9,12-17H2;1H/t19-,22-;. The molecule has 1 N–H and O–H groups in total. The highest BCUT2D eigenvalue weighted by molar-refractivity contribution is 7.89. The van der Waals surface area contributed by atoms with Crippen molar-refractivity contribution < 1.29 is 21.6 Å². The number of hydrogen-bond acceptors (Lipinski definition) is 4. The third-order valence-electron chi connectivity index (χ3n) is 7.06. The maximum absolute atomic E-state index is 13.0. The van der Waals surface area contributed by atoms with Crippen molar-refractivity contribution >= 4 is 39.7 Å². The molecule has 2 aliphatic rings. The molecule has 1 heterocycles. The molecule has 2 aromatic rings. The molecular weight excluding hydrogens is 534 g/mol. The number of nitrogens with one attached hydrogen (secondary N) is 1. The molecule has 5 nitrogen and oxygen atoms in total. The fraction of sp³-hybridized carbons (Fsp3) is 0.520. The summed E-state index contributed by atoms with van der Waals surface area (Å²) < 4.78 is 67.1. The Kier molecular flexibility index (Phi) is 9.96. The van der Waals surface area contributed by atoms with E-state index in [1.165, 1.54) is 24.3 Å². The molecule has 200 valence electrons. The van der Waals surface area contributed by atoms with Crippen LogP contribution in [-0.4, -0.2) is 52.1 Å². The summed E-state index contributed by atoms with van der Waals surface area (Å²) in [4.78, 5) is 4.62. The number of anilines is 1. The van der Waals surface area contributed by atoms with Gasteiger partial charge in [0.25, 0.3) is 0 Å². The topological polar surface area (TPSA) is 52.7 Å². The van der Waals surface area contributed by atoms with Gasteiger partial charge in [0, 0.05) is 42.9 Å². The molecule has 4 rings (SSSR count). The van der Waals surface area contributed by atoms with Gasteiger partial charge in [-0.2, -0.15) is 13.2 Å². The summed E-state index contributed by atoms with van der Waals surface area (Å²) in [5, 5.41) is 0.501. The Labute approximate surface area is 222 Å². The minimum atomic E-state index is -4.33. The molecule has 0 unspecified atom stereocenters. The molecule has 0 aromatic heterocycles. The van der Waals surface area contributed by atoms with E-state index in [2.05, 4.69) is 9.62 Å². The Hall–Kier alpha value is -1.52. The lowest BCUT2D eigenvalue weighted by atomic mass is 9.84. The summed E-state index contributed by atoms with van der Waals surface area (Å²) in [5.41, 5.74) is 0.0161. The van der Waals surface area contributed by atoms with Crippen LogP contribution in [-0.2, 0) is 16.2 Å². The molecule has 1 aliphatic carbocycles. The number of benzene rings is 2. The van der Waals surface area contributed by atoms with Gasteiger partial charge in [0.05, 0.1) is 10.5 Å². The minimum Gasteiger partial charge on any atom is -0.369 e. The van der Waals surface area contributed by atoms with E-state index in [1.807, 2.05) is 4.90 Å². The molecule has 0 radical (unpaired) electrons. The predicted molar refractivity (Wildman–Crippen MR) is 139 cm³/mol. The van der Waals surface area contributed by atoms with Crippen molar-refractivity contribution in [2.24, 2.45) is 5.92 Å². The monoisotopic (exact) mass is 565 g/mol. The first-order valence-electron chi connectivity index (χ1n) is 12.0. The number of sulfonamides is 1. The van der Waals surface area contributed by atoms with Crippen LogP contribution in [0.5, 0.6) is 0 Å². The van der Waals surface area contributed by atoms with Crippen molar-refractivity contribution in [3.63, 3.8) is 0 Å². The van der Waals surface area contributed by atoms with Crippen molar-refractivity contribution in [1.29, 1.82) is 0 Å². The highest BCUT2D eigenvalue weighted by Crippen LogP contribution is 2.32. The molecule has 0 atom stereocenters. The summed E-state index contributed by atoms with van der Waals surface area (Å²) in [6.45, 7) is 4.03. The smallest absolute Gasteiger partial charge is 0.369 e. The number of halogens is 5. The van der Waals surface area contributed by atoms with Crippen molar-refractivity contribution in [3.8, 4) is 0 Å². The molecular formula is C25H32Cl2F3N3O2S. The van der Waals surface area contributed by atoms with E-state index >= 15 is 0 Å². The number of piperazine rings is 1. The highest BCUT2D eigenvalue weighted by atomic mass is 35.5. The maximum Gasteiger partial charge on any atom is 0.416 e. The molecule has 2 aromatic carbocycles. The SMILES string of the molecule is Cl.O=S(=O)(N[C@H]1CC[C@H](CCN2CCN(c3cccc(C(F)(F)F)c3)CC2)CC1)c1ccc(Cl)cc1. The second-order valence-corrected chi connectivity index (χ2v) is 11.6. The second-order valence-electron chi connectivity index (χ2n) is 9.46. The van der Waals surface area contributed by atoms with Crippen LogP contribution in [0.1, 0.15) is 37.7 Å². The molecule has 1 saturated carbocycles. The fourth-order valence-corrected chi connectivity index (χ4v) is 6.37. The van der Waals surface area contributed by atoms with Crippen LogP contribution in [0.3, 0.4) is 0 Å². The van der Waals surface area contributed by atoms with Gasteiger partial charge in [0.1, 0.15) is 0 Å². The molecule has 2 fully saturated rings. The van der Waals surface area contributed by atoms with Gasteiger partial charge in [-0.3, -0.25) is 4.90 Å². The lowest BCUT2D eigenvalue weighted by molar-refractivity contribution is -0.137. The third-order valence-corrected chi connectivity index (χ3v) is 8.85. The van der Waals surface area contributed by atoms with E-state index in [9.17, 15) is 21.6 Å². The normalized spacial score (nSPS) is 21.7. The predicted octanol–water partition coefficient (Wildman–Crippen LogP) is 5.83. The van der Waals surface area contributed by atoms with Gasteiger partial charge in [-0.15, -0.1) is 12.4 Å². The van der Waals surface area contributed by atoms with Gasteiger partial charge in [0.2, 0.25) is 10.0 Å². The van der Waals surface area contributed by atoms with Crippen LogP contribution < -0.4 is 9.62 Å². The Morgan fingerprint density at radius 2 is 1.58 bits per heavy atom. The zero-order valence-corrected chi connectivity index (χ0v) is 22.3. The first-order chi connectivity index (χ1) is 16.6. The van der Waals surface area contributed by atoms with Crippen LogP contribution >= 0.6 is 24.0 Å². The average Bonchev–Trinajstić information content (AvgIpc) is 2.84. The summed E-state index contributed by atoms with van der Waals surface area (Å²) >= 11 is 5.85. The Morgan fingerprint density at radius 1 is 0.944 bits per heavy atom.